The summed E-state index contributed by atoms with van der Waals surface area (Å²) < 4.78 is 15.9. The number of methoxy groups -OCH3 is 2. The molecule has 0 atom stereocenters. The van der Waals surface area contributed by atoms with Gasteiger partial charge in [-0.3, -0.25) is 0 Å². The molecule has 21 heavy (non-hydrogen) atoms. The lowest BCUT2D eigenvalue weighted by Crippen LogP contribution is -2.00. The predicted octanol–water partition coefficient (Wildman–Crippen LogP) is 3.85. The van der Waals surface area contributed by atoms with Crippen LogP contribution < -0.4 is 14.2 Å². The Morgan fingerprint density at radius 1 is 1.05 bits per heavy atom. The second-order valence-electron chi connectivity index (χ2n) is 4.07. The molecule has 6 heteroatoms. The van der Waals surface area contributed by atoms with Gasteiger partial charge >= 0.3 is 5.97 Å². The van der Waals surface area contributed by atoms with E-state index >= 15 is 0 Å². The number of carboxylic acid groups (broad SMARTS) is 1. The van der Waals surface area contributed by atoms with E-state index in [9.17, 15) is 9.90 Å². The zero-order valence-electron chi connectivity index (χ0n) is 11.4. The molecule has 2 aromatic rings. The largest absolute Gasteiger partial charge is 0.496 e. The Balaban J connectivity index is 2.45. The molecule has 0 heterocycles. The van der Waals surface area contributed by atoms with E-state index in [1.54, 1.807) is 30.3 Å². The molecule has 1 N–H and O–H groups in total. The van der Waals surface area contributed by atoms with Crippen LogP contribution >= 0.6 is 11.6 Å². The highest BCUT2D eigenvalue weighted by Crippen LogP contribution is 2.36. The van der Waals surface area contributed by atoms with Gasteiger partial charge in [-0.15, -0.1) is 0 Å². The third kappa shape index (κ3) is 3.38. The van der Waals surface area contributed by atoms with Crippen LogP contribution in [0.1, 0.15) is 10.4 Å². The van der Waals surface area contributed by atoms with E-state index in [4.69, 9.17) is 25.8 Å². The monoisotopic (exact) mass is 308 g/mol. The lowest BCUT2D eigenvalue weighted by molar-refractivity contribution is 0.0694. The number of aromatic carboxylic acids is 1. The number of carboxylic acids is 1. The third-order valence-electron chi connectivity index (χ3n) is 2.74. The predicted molar refractivity (Wildman–Crippen MR) is 78.0 cm³/mol. The van der Waals surface area contributed by atoms with E-state index in [1.807, 2.05) is 0 Å². The molecule has 0 aliphatic rings. The Labute approximate surface area is 126 Å². The van der Waals surface area contributed by atoms with E-state index in [1.165, 1.54) is 20.3 Å². The average molecular weight is 309 g/mol. The summed E-state index contributed by atoms with van der Waals surface area (Å²) in [5.74, 6) is 0.354. The summed E-state index contributed by atoms with van der Waals surface area (Å²) in [5, 5.41) is 9.39. The van der Waals surface area contributed by atoms with Gasteiger partial charge < -0.3 is 19.3 Å². The molecule has 0 aliphatic heterocycles. The normalized spacial score (nSPS) is 10.0. The second-order valence-corrected chi connectivity index (χ2v) is 4.48. The van der Waals surface area contributed by atoms with Crippen molar-refractivity contribution in [2.24, 2.45) is 0 Å². The van der Waals surface area contributed by atoms with Gasteiger partial charge in [0.2, 0.25) is 0 Å². The van der Waals surface area contributed by atoms with Crippen molar-refractivity contribution in [1.82, 2.24) is 0 Å². The number of para-hydroxylation sites is 1. The maximum atomic E-state index is 11.2. The van der Waals surface area contributed by atoms with E-state index < -0.39 is 5.97 Å². The molecule has 0 bridgehead atoms. The number of rotatable bonds is 5. The fourth-order valence-electron chi connectivity index (χ4n) is 1.74. The van der Waals surface area contributed by atoms with Crippen LogP contribution in [0.3, 0.4) is 0 Å². The number of hydrogen-bond acceptors (Lipinski definition) is 4. The topological polar surface area (TPSA) is 65.0 Å². The van der Waals surface area contributed by atoms with Gasteiger partial charge in [0.25, 0.3) is 0 Å². The van der Waals surface area contributed by atoms with Crippen LogP contribution in [-0.2, 0) is 0 Å². The first kappa shape index (κ1) is 15.0. The van der Waals surface area contributed by atoms with Crippen molar-refractivity contribution in [3.05, 3.63) is 47.0 Å². The number of benzene rings is 2. The highest BCUT2D eigenvalue weighted by atomic mass is 35.5. The molecule has 0 fully saturated rings. The van der Waals surface area contributed by atoms with Gasteiger partial charge in [0.15, 0.2) is 5.75 Å². The van der Waals surface area contributed by atoms with Crippen molar-refractivity contribution in [3.63, 3.8) is 0 Å². The molecule has 0 aliphatic carbocycles. The van der Waals surface area contributed by atoms with Gasteiger partial charge in [-0.1, -0.05) is 17.7 Å². The highest BCUT2D eigenvalue weighted by molar-refractivity contribution is 6.32. The quantitative estimate of drug-likeness (QED) is 0.909. The third-order valence-corrected chi connectivity index (χ3v) is 3.04. The zero-order valence-corrected chi connectivity index (χ0v) is 12.2. The SMILES string of the molecule is COc1cc(OC)cc(Oc2c(Cl)cccc2C(=O)O)c1. The maximum Gasteiger partial charge on any atom is 0.339 e. The lowest BCUT2D eigenvalue weighted by atomic mass is 10.2. The Kier molecular flexibility index (Phi) is 4.55. The second kappa shape index (κ2) is 6.37. The molecule has 0 radical (unpaired) electrons. The van der Waals surface area contributed by atoms with Crippen LogP contribution in [0.5, 0.6) is 23.0 Å². The van der Waals surface area contributed by atoms with Gasteiger partial charge in [-0.25, -0.2) is 4.79 Å². The summed E-state index contributed by atoms with van der Waals surface area (Å²) >= 11 is 6.02. The van der Waals surface area contributed by atoms with Gasteiger partial charge in [-0.05, 0) is 12.1 Å². The minimum absolute atomic E-state index is 0.0238. The van der Waals surface area contributed by atoms with Crippen LogP contribution in [0.4, 0.5) is 0 Å². The first-order valence-corrected chi connectivity index (χ1v) is 6.35. The summed E-state index contributed by atoms with van der Waals surface area (Å²) in [5.41, 5.74) is -0.0238. The average Bonchev–Trinajstić information content (AvgIpc) is 2.48. The van der Waals surface area contributed by atoms with Crippen LogP contribution in [0.25, 0.3) is 0 Å². The molecule has 5 nitrogen and oxygen atoms in total. The van der Waals surface area contributed by atoms with Crippen molar-refractivity contribution < 1.29 is 24.1 Å². The Morgan fingerprint density at radius 2 is 1.62 bits per heavy atom. The van der Waals surface area contributed by atoms with Crippen molar-refractivity contribution in [2.45, 2.75) is 0 Å². The highest BCUT2D eigenvalue weighted by Gasteiger charge is 2.16. The molecule has 110 valence electrons. The minimum atomic E-state index is -1.12. The molecule has 0 saturated heterocycles. The van der Waals surface area contributed by atoms with Gasteiger partial charge in [0.05, 0.1) is 19.2 Å². The number of carbonyl (C=O) groups is 1. The fraction of sp³-hybridized carbons (Fsp3) is 0.133. The molecular weight excluding hydrogens is 296 g/mol. The van der Waals surface area contributed by atoms with Gasteiger partial charge in [0, 0.05) is 18.2 Å². The van der Waals surface area contributed by atoms with E-state index in [0.717, 1.165) is 0 Å². The lowest BCUT2D eigenvalue weighted by Gasteiger charge is -2.12. The van der Waals surface area contributed by atoms with Crippen LogP contribution in [0.15, 0.2) is 36.4 Å². The number of hydrogen-bond donors (Lipinski definition) is 1. The van der Waals surface area contributed by atoms with Gasteiger partial charge in [0.1, 0.15) is 22.8 Å². The Bertz CT molecular complexity index is 647. The van der Waals surface area contributed by atoms with E-state index in [-0.39, 0.29) is 16.3 Å². The minimum Gasteiger partial charge on any atom is -0.496 e. The van der Waals surface area contributed by atoms with E-state index in [2.05, 4.69) is 0 Å². The summed E-state index contributed by atoms with van der Waals surface area (Å²) in [4.78, 5) is 11.2. The molecular formula is C15H13ClO5. The van der Waals surface area contributed by atoms with Crippen LogP contribution in [0, 0.1) is 0 Å². The summed E-state index contributed by atoms with van der Waals surface area (Å²) in [6.07, 6.45) is 0. The van der Waals surface area contributed by atoms with Crippen molar-refractivity contribution >= 4 is 17.6 Å². The molecule has 2 aromatic carbocycles. The summed E-state index contributed by atoms with van der Waals surface area (Å²) in [7, 11) is 3.02. The summed E-state index contributed by atoms with van der Waals surface area (Å²) in [6.45, 7) is 0. The fourth-order valence-corrected chi connectivity index (χ4v) is 1.95. The smallest absolute Gasteiger partial charge is 0.339 e. The Hall–Kier alpha value is -2.40. The van der Waals surface area contributed by atoms with Crippen molar-refractivity contribution in [2.75, 3.05) is 14.2 Å². The van der Waals surface area contributed by atoms with E-state index in [0.29, 0.717) is 17.2 Å². The standard InChI is InChI=1S/C15H13ClO5/c1-19-9-6-10(20-2)8-11(7-9)21-14-12(15(17)18)4-3-5-13(14)16/h3-8H,1-2H3,(H,17,18). The molecule has 0 aromatic heterocycles. The zero-order chi connectivity index (χ0) is 15.4. The molecule has 2 rings (SSSR count). The van der Waals surface area contributed by atoms with Crippen molar-refractivity contribution in [1.29, 1.82) is 0 Å². The Morgan fingerprint density at radius 3 is 2.14 bits per heavy atom. The molecule has 0 saturated carbocycles. The maximum absolute atomic E-state index is 11.2. The van der Waals surface area contributed by atoms with Crippen LogP contribution in [-0.4, -0.2) is 25.3 Å². The molecule has 0 unspecified atom stereocenters. The molecule has 0 amide bonds. The first-order chi connectivity index (χ1) is 10.0. The van der Waals surface area contributed by atoms with Crippen molar-refractivity contribution in [3.8, 4) is 23.0 Å². The molecule has 0 spiro atoms. The first-order valence-electron chi connectivity index (χ1n) is 5.98. The van der Waals surface area contributed by atoms with Gasteiger partial charge in [-0.2, -0.15) is 0 Å². The number of halogens is 1. The number of ether oxygens (including phenoxy) is 3. The summed E-state index contributed by atoms with van der Waals surface area (Å²) in [6, 6.07) is 9.42. The van der Waals surface area contributed by atoms with Crippen LogP contribution in [0.2, 0.25) is 5.02 Å².